The number of hydrogen-bond acceptors (Lipinski definition) is 2. The van der Waals surface area contributed by atoms with Crippen molar-refractivity contribution in [2.24, 2.45) is 11.8 Å². The van der Waals surface area contributed by atoms with Gasteiger partial charge in [-0.1, -0.05) is 25.4 Å². The maximum Gasteiger partial charge on any atom is 0.0429 e. The van der Waals surface area contributed by atoms with E-state index in [1.54, 1.807) is 0 Å². The molecule has 1 aromatic rings. The molecule has 0 aromatic heterocycles. The molecule has 3 heteroatoms. The molecule has 2 nitrogen and oxygen atoms in total. The van der Waals surface area contributed by atoms with Crippen LogP contribution in [0.1, 0.15) is 38.7 Å². The summed E-state index contributed by atoms with van der Waals surface area (Å²) in [5.41, 5.74) is 7.85. The first-order chi connectivity index (χ1) is 9.04. The molecule has 106 valence electrons. The molecule has 1 saturated heterocycles. The van der Waals surface area contributed by atoms with Crippen LogP contribution in [0.15, 0.2) is 18.2 Å². The average Bonchev–Trinajstić information content (AvgIpc) is 2.53. The first kappa shape index (κ1) is 14.7. The fraction of sp³-hybridized carbons (Fsp3) is 0.625. The number of hydrogen-bond donors (Lipinski definition) is 1. The zero-order valence-corrected chi connectivity index (χ0v) is 12.8. The van der Waals surface area contributed by atoms with E-state index < -0.39 is 0 Å². The Morgan fingerprint density at radius 1 is 1.26 bits per heavy atom. The molecular weight excluding hydrogens is 256 g/mol. The Kier molecular flexibility index (Phi) is 5.12. The second-order valence-corrected chi connectivity index (χ2v) is 6.54. The third kappa shape index (κ3) is 4.39. The van der Waals surface area contributed by atoms with Gasteiger partial charge in [0.2, 0.25) is 0 Å². The maximum absolute atomic E-state index is 6.07. The number of nitrogens with two attached hydrogens (primary N) is 1. The van der Waals surface area contributed by atoms with Crippen LogP contribution in [0.2, 0.25) is 5.02 Å². The van der Waals surface area contributed by atoms with Crippen molar-refractivity contribution in [3.05, 3.63) is 28.8 Å². The van der Waals surface area contributed by atoms with E-state index in [0.29, 0.717) is 0 Å². The molecule has 1 fully saturated rings. The SMILES string of the molecule is CC(C)C1CCCN(Cc2cc(N)cc(Cl)c2)CC1. The van der Waals surface area contributed by atoms with Crippen LogP contribution >= 0.6 is 11.6 Å². The van der Waals surface area contributed by atoms with Crippen LogP contribution in [0.3, 0.4) is 0 Å². The summed E-state index contributed by atoms with van der Waals surface area (Å²) in [5.74, 6) is 1.69. The predicted molar refractivity (Wildman–Crippen MR) is 83.3 cm³/mol. The lowest BCUT2D eigenvalue weighted by molar-refractivity contribution is 0.265. The van der Waals surface area contributed by atoms with Crippen LogP contribution in [-0.2, 0) is 6.54 Å². The highest BCUT2D eigenvalue weighted by atomic mass is 35.5. The lowest BCUT2D eigenvalue weighted by Gasteiger charge is -2.21. The molecule has 0 saturated carbocycles. The molecule has 2 rings (SSSR count). The van der Waals surface area contributed by atoms with E-state index in [0.717, 1.165) is 29.1 Å². The largest absolute Gasteiger partial charge is 0.399 e. The highest BCUT2D eigenvalue weighted by Crippen LogP contribution is 2.26. The van der Waals surface area contributed by atoms with Gasteiger partial charge in [-0.3, -0.25) is 4.90 Å². The van der Waals surface area contributed by atoms with Crippen LogP contribution in [0, 0.1) is 11.8 Å². The van der Waals surface area contributed by atoms with Gasteiger partial charge in [-0.05, 0) is 68.0 Å². The normalized spacial score (nSPS) is 21.6. The zero-order valence-electron chi connectivity index (χ0n) is 12.0. The van der Waals surface area contributed by atoms with Crippen molar-refractivity contribution in [3.63, 3.8) is 0 Å². The van der Waals surface area contributed by atoms with Crippen molar-refractivity contribution < 1.29 is 0 Å². The predicted octanol–water partition coefficient (Wildman–Crippen LogP) is 4.18. The molecule has 1 aliphatic rings. The minimum absolute atomic E-state index is 0.741. The van der Waals surface area contributed by atoms with Crippen LogP contribution in [0.5, 0.6) is 0 Å². The molecule has 1 aromatic carbocycles. The summed E-state index contributed by atoms with van der Waals surface area (Å²) < 4.78 is 0. The lowest BCUT2D eigenvalue weighted by Crippen LogP contribution is -2.24. The van der Waals surface area contributed by atoms with Crippen LogP contribution in [0.25, 0.3) is 0 Å². The summed E-state index contributed by atoms with van der Waals surface area (Å²) >= 11 is 6.07. The third-order valence-corrected chi connectivity index (χ3v) is 4.41. The number of likely N-dealkylation sites (tertiary alicyclic amines) is 1. The second-order valence-electron chi connectivity index (χ2n) is 6.10. The van der Waals surface area contributed by atoms with Gasteiger partial charge in [0.25, 0.3) is 0 Å². The highest BCUT2D eigenvalue weighted by molar-refractivity contribution is 6.30. The summed E-state index contributed by atoms with van der Waals surface area (Å²) in [5, 5.41) is 0.741. The van der Waals surface area contributed by atoms with Crippen molar-refractivity contribution in [1.29, 1.82) is 0 Å². The molecule has 0 bridgehead atoms. The molecule has 2 N–H and O–H groups in total. The number of rotatable bonds is 3. The molecule has 0 amide bonds. The van der Waals surface area contributed by atoms with Crippen molar-refractivity contribution in [1.82, 2.24) is 4.90 Å². The number of nitrogen functional groups attached to an aromatic ring is 1. The summed E-state index contributed by atoms with van der Waals surface area (Å²) in [7, 11) is 0. The van der Waals surface area contributed by atoms with E-state index in [-0.39, 0.29) is 0 Å². The van der Waals surface area contributed by atoms with Gasteiger partial charge in [0, 0.05) is 17.3 Å². The summed E-state index contributed by atoms with van der Waals surface area (Å²) in [6.07, 6.45) is 3.98. The first-order valence-corrected chi connectivity index (χ1v) is 7.69. The van der Waals surface area contributed by atoms with E-state index in [2.05, 4.69) is 18.7 Å². The van der Waals surface area contributed by atoms with Gasteiger partial charge in [0.05, 0.1) is 0 Å². The molecule has 1 atom stereocenters. The molecule has 0 spiro atoms. The van der Waals surface area contributed by atoms with Gasteiger partial charge in [-0.2, -0.15) is 0 Å². The summed E-state index contributed by atoms with van der Waals surface area (Å²) in [6, 6.07) is 5.88. The van der Waals surface area contributed by atoms with Crippen LogP contribution < -0.4 is 5.73 Å². The van der Waals surface area contributed by atoms with E-state index >= 15 is 0 Å². The van der Waals surface area contributed by atoms with Gasteiger partial charge >= 0.3 is 0 Å². The standard InChI is InChI=1S/C16H25ClN2/c1-12(2)14-4-3-6-19(7-5-14)11-13-8-15(17)10-16(18)9-13/h8-10,12,14H,3-7,11,18H2,1-2H3. The zero-order chi connectivity index (χ0) is 13.8. The van der Waals surface area contributed by atoms with Crippen molar-refractivity contribution in [2.45, 2.75) is 39.7 Å². The molecule has 1 aliphatic heterocycles. The summed E-state index contributed by atoms with van der Waals surface area (Å²) in [4.78, 5) is 2.54. The van der Waals surface area contributed by atoms with Gasteiger partial charge in [-0.15, -0.1) is 0 Å². The van der Waals surface area contributed by atoms with E-state index in [1.165, 1.54) is 37.9 Å². The number of halogens is 1. The Hall–Kier alpha value is -0.730. The van der Waals surface area contributed by atoms with Crippen LogP contribution in [-0.4, -0.2) is 18.0 Å². The highest BCUT2D eigenvalue weighted by Gasteiger charge is 2.19. The van der Waals surface area contributed by atoms with Gasteiger partial charge < -0.3 is 5.73 Å². The van der Waals surface area contributed by atoms with E-state index in [4.69, 9.17) is 17.3 Å². The van der Waals surface area contributed by atoms with E-state index in [1.807, 2.05) is 18.2 Å². The average molecular weight is 281 g/mol. The monoisotopic (exact) mass is 280 g/mol. The Bertz CT molecular complexity index is 397. The van der Waals surface area contributed by atoms with Crippen molar-refractivity contribution in [3.8, 4) is 0 Å². The molecule has 1 unspecified atom stereocenters. The lowest BCUT2D eigenvalue weighted by atomic mass is 9.89. The van der Waals surface area contributed by atoms with Gasteiger partial charge in [-0.25, -0.2) is 0 Å². The van der Waals surface area contributed by atoms with Crippen molar-refractivity contribution in [2.75, 3.05) is 18.8 Å². The Morgan fingerprint density at radius 3 is 2.74 bits per heavy atom. The number of nitrogens with zero attached hydrogens (tertiary/aromatic N) is 1. The second kappa shape index (κ2) is 6.62. The minimum Gasteiger partial charge on any atom is -0.399 e. The van der Waals surface area contributed by atoms with Crippen LogP contribution in [0.4, 0.5) is 5.69 Å². The smallest absolute Gasteiger partial charge is 0.0429 e. The topological polar surface area (TPSA) is 29.3 Å². The third-order valence-electron chi connectivity index (χ3n) is 4.19. The van der Waals surface area contributed by atoms with Gasteiger partial charge in [0.1, 0.15) is 0 Å². The number of benzene rings is 1. The molecule has 0 radical (unpaired) electrons. The Balaban J connectivity index is 1.95. The minimum atomic E-state index is 0.741. The molecule has 0 aliphatic carbocycles. The molecule has 1 heterocycles. The Labute approximate surface area is 121 Å². The van der Waals surface area contributed by atoms with Crippen molar-refractivity contribution >= 4 is 17.3 Å². The summed E-state index contributed by atoms with van der Waals surface area (Å²) in [6.45, 7) is 8.04. The molecular formula is C16H25ClN2. The Morgan fingerprint density at radius 2 is 2.05 bits per heavy atom. The first-order valence-electron chi connectivity index (χ1n) is 7.32. The quantitative estimate of drug-likeness (QED) is 0.842. The van der Waals surface area contributed by atoms with Gasteiger partial charge in [0.15, 0.2) is 0 Å². The molecule has 19 heavy (non-hydrogen) atoms. The fourth-order valence-electron chi connectivity index (χ4n) is 3.03. The maximum atomic E-state index is 6.07. The van der Waals surface area contributed by atoms with E-state index in [9.17, 15) is 0 Å². The number of anilines is 1. The fourth-order valence-corrected chi connectivity index (χ4v) is 3.30.